The smallest absolute Gasteiger partial charge is 0.256 e. The van der Waals surface area contributed by atoms with Crippen molar-refractivity contribution < 1.29 is 13.2 Å². The van der Waals surface area contributed by atoms with Crippen LogP contribution in [0.3, 0.4) is 0 Å². The highest BCUT2D eigenvalue weighted by Gasteiger charge is 2.30. The maximum absolute atomic E-state index is 11.8. The predicted octanol–water partition coefficient (Wildman–Crippen LogP) is 0.120. The molecular formula is C14H15N5O3S2. The molecule has 0 saturated heterocycles. The Bertz CT molecular complexity index is 876. The summed E-state index contributed by atoms with van der Waals surface area (Å²) in [4.78, 5) is 12.8. The molecule has 2 heterocycles. The van der Waals surface area contributed by atoms with Crippen LogP contribution in [0, 0.1) is 0 Å². The van der Waals surface area contributed by atoms with Crippen molar-refractivity contribution in [2.75, 3.05) is 5.01 Å². The van der Waals surface area contributed by atoms with Gasteiger partial charge in [0.15, 0.2) is 0 Å². The van der Waals surface area contributed by atoms with Crippen molar-refractivity contribution in [1.29, 1.82) is 0 Å². The Morgan fingerprint density at radius 2 is 1.96 bits per heavy atom. The summed E-state index contributed by atoms with van der Waals surface area (Å²) in [7, 11) is -3.76. The molecule has 1 amide bonds. The SMILES string of the molecule is NNC(=O)C1C=C(c2cccs2)N(c2ccc(S(N)(=O)=O)cc2)N1. The van der Waals surface area contributed by atoms with Crippen molar-refractivity contribution in [2.45, 2.75) is 10.9 Å². The van der Waals surface area contributed by atoms with Gasteiger partial charge < -0.3 is 0 Å². The number of primary sulfonamides is 1. The Balaban J connectivity index is 1.97. The lowest BCUT2D eigenvalue weighted by molar-refractivity contribution is -0.121. The van der Waals surface area contributed by atoms with Crippen LogP contribution in [-0.4, -0.2) is 20.4 Å². The van der Waals surface area contributed by atoms with Gasteiger partial charge in [-0.2, -0.15) is 0 Å². The first-order chi connectivity index (χ1) is 11.4. The largest absolute Gasteiger partial charge is 0.293 e. The van der Waals surface area contributed by atoms with Crippen molar-refractivity contribution in [3.05, 3.63) is 52.7 Å². The Kier molecular flexibility index (Phi) is 4.39. The van der Waals surface area contributed by atoms with Crippen LogP contribution in [0.15, 0.2) is 52.7 Å². The van der Waals surface area contributed by atoms with E-state index in [9.17, 15) is 13.2 Å². The van der Waals surface area contributed by atoms with Crippen molar-refractivity contribution in [1.82, 2.24) is 10.9 Å². The molecule has 1 atom stereocenters. The number of carbonyl (C=O) groups is 1. The van der Waals surface area contributed by atoms with E-state index in [-0.39, 0.29) is 10.8 Å². The minimum absolute atomic E-state index is 0.0170. The number of carbonyl (C=O) groups excluding carboxylic acids is 1. The van der Waals surface area contributed by atoms with Gasteiger partial charge in [-0.05, 0) is 41.8 Å². The van der Waals surface area contributed by atoms with Crippen LogP contribution in [0.25, 0.3) is 5.70 Å². The van der Waals surface area contributed by atoms with Gasteiger partial charge in [-0.3, -0.25) is 15.2 Å². The fraction of sp³-hybridized carbons (Fsp3) is 0.0714. The molecular weight excluding hydrogens is 350 g/mol. The van der Waals surface area contributed by atoms with E-state index in [1.807, 2.05) is 17.5 Å². The summed E-state index contributed by atoms with van der Waals surface area (Å²) in [5.74, 6) is 4.82. The molecule has 0 spiro atoms. The summed E-state index contributed by atoms with van der Waals surface area (Å²) >= 11 is 1.52. The maximum Gasteiger partial charge on any atom is 0.256 e. The molecule has 10 heteroatoms. The Hall–Kier alpha value is -2.24. The number of nitrogens with one attached hydrogen (secondary N) is 2. The molecule has 0 aliphatic carbocycles. The Labute approximate surface area is 142 Å². The van der Waals surface area contributed by atoms with Crippen LogP contribution in [0.2, 0.25) is 0 Å². The molecule has 0 saturated carbocycles. The topological polar surface area (TPSA) is 131 Å². The number of nitrogens with zero attached hydrogens (tertiary/aromatic N) is 1. The standard InChI is InChI=1S/C14H15N5O3S2/c15-17-14(20)11-8-12(13-2-1-7-23-13)19(18-11)9-3-5-10(6-4-9)24(16,21)22/h1-8,11,18H,15H2,(H,17,20)(H2,16,21,22). The van der Waals surface area contributed by atoms with Crippen LogP contribution in [0.4, 0.5) is 5.69 Å². The number of sulfonamides is 1. The number of hydrazine groups is 2. The first-order valence-corrected chi connectivity index (χ1v) is 9.28. The van der Waals surface area contributed by atoms with E-state index < -0.39 is 16.1 Å². The summed E-state index contributed by atoms with van der Waals surface area (Å²) in [6.07, 6.45) is 1.75. The molecule has 1 aliphatic heterocycles. The summed E-state index contributed by atoms with van der Waals surface area (Å²) in [5, 5.41) is 8.74. The number of rotatable bonds is 4. The van der Waals surface area contributed by atoms with Gasteiger partial charge in [0.2, 0.25) is 10.0 Å². The van der Waals surface area contributed by atoms with E-state index in [2.05, 4.69) is 10.9 Å². The predicted molar refractivity (Wildman–Crippen MR) is 91.8 cm³/mol. The van der Waals surface area contributed by atoms with E-state index in [4.69, 9.17) is 11.0 Å². The van der Waals surface area contributed by atoms with E-state index in [0.717, 1.165) is 10.6 Å². The first-order valence-electron chi connectivity index (χ1n) is 6.85. The van der Waals surface area contributed by atoms with E-state index >= 15 is 0 Å². The lowest BCUT2D eigenvalue weighted by atomic mass is 10.2. The third-order valence-electron chi connectivity index (χ3n) is 3.46. The van der Waals surface area contributed by atoms with Gasteiger partial charge in [-0.25, -0.2) is 24.8 Å². The normalized spacial score (nSPS) is 17.7. The van der Waals surface area contributed by atoms with Crippen LogP contribution in [-0.2, 0) is 14.8 Å². The zero-order chi connectivity index (χ0) is 17.3. The number of hydrogen-bond donors (Lipinski definition) is 4. The van der Waals surface area contributed by atoms with Crippen LogP contribution in [0.5, 0.6) is 0 Å². The monoisotopic (exact) mass is 365 g/mol. The van der Waals surface area contributed by atoms with Crippen LogP contribution in [0.1, 0.15) is 4.88 Å². The van der Waals surface area contributed by atoms with Crippen LogP contribution >= 0.6 is 11.3 Å². The highest BCUT2D eigenvalue weighted by atomic mass is 32.2. The molecule has 8 nitrogen and oxygen atoms in total. The minimum Gasteiger partial charge on any atom is -0.293 e. The summed E-state index contributed by atoms with van der Waals surface area (Å²) in [6.45, 7) is 0. The summed E-state index contributed by atoms with van der Waals surface area (Å²) < 4.78 is 22.7. The fourth-order valence-electron chi connectivity index (χ4n) is 2.32. The molecule has 0 radical (unpaired) electrons. The number of hydrogen-bond acceptors (Lipinski definition) is 7. The zero-order valence-corrected chi connectivity index (χ0v) is 14.0. The van der Waals surface area contributed by atoms with E-state index in [0.29, 0.717) is 5.69 Å². The van der Waals surface area contributed by atoms with Crippen LogP contribution < -0.4 is 26.8 Å². The van der Waals surface area contributed by atoms with Gasteiger partial charge in [0, 0.05) is 0 Å². The second-order valence-electron chi connectivity index (χ2n) is 5.02. The first kappa shape index (κ1) is 16.6. The molecule has 24 heavy (non-hydrogen) atoms. The lowest BCUT2D eigenvalue weighted by Crippen LogP contribution is -2.47. The molecule has 1 aromatic carbocycles. The maximum atomic E-state index is 11.8. The van der Waals surface area contributed by atoms with Crippen molar-refractivity contribution in [2.24, 2.45) is 11.0 Å². The molecule has 1 unspecified atom stereocenters. The fourth-order valence-corrected chi connectivity index (χ4v) is 3.57. The highest BCUT2D eigenvalue weighted by Crippen LogP contribution is 2.32. The average Bonchev–Trinajstić information content (AvgIpc) is 3.22. The third kappa shape index (κ3) is 3.18. The highest BCUT2D eigenvalue weighted by molar-refractivity contribution is 7.89. The second-order valence-corrected chi connectivity index (χ2v) is 7.53. The number of nitrogens with two attached hydrogens (primary N) is 2. The van der Waals surface area contributed by atoms with Gasteiger partial charge in [0.25, 0.3) is 5.91 Å². The lowest BCUT2D eigenvalue weighted by Gasteiger charge is -2.23. The molecule has 1 aromatic heterocycles. The number of thiophene rings is 1. The molecule has 2 aromatic rings. The van der Waals surface area contributed by atoms with E-state index in [1.165, 1.54) is 23.5 Å². The number of amides is 1. The van der Waals surface area contributed by atoms with Gasteiger partial charge >= 0.3 is 0 Å². The number of anilines is 1. The van der Waals surface area contributed by atoms with E-state index in [1.54, 1.807) is 23.2 Å². The van der Waals surface area contributed by atoms with Crippen molar-refractivity contribution >= 4 is 38.7 Å². The molecule has 0 fully saturated rings. The molecule has 1 aliphatic rings. The molecule has 126 valence electrons. The van der Waals surface area contributed by atoms with Gasteiger partial charge in [0.1, 0.15) is 6.04 Å². The van der Waals surface area contributed by atoms with Gasteiger partial charge in [0.05, 0.1) is 21.2 Å². The number of benzene rings is 1. The average molecular weight is 365 g/mol. The zero-order valence-electron chi connectivity index (χ0n) is 12.3. The second kappa shape index (κ2) is 6.34. The van der Waals surface area contributed by atoms with Gasteiger partial charge in [-0.15, -0.1) is 11.3 Å². The minimum atomic E-state index is -3.76. The summed E-state index contributed by atoms with van der Waals surface area (Å²) in [5.41, 5.74) is 6.58. The molecule has 0 bridgehead atoms. The molecule has 3 rings (SSSR count). The quantitative estimate of drug-likeness (QED) is 0.346. The summed E-state index contributed by atoms with van der Waals surface area (Å²) in [6, 6.07) is 9.23. The molecule has 6 N–H and O–H groups in total. The Morgan fingerprint density at radius 1 is 1.25 bits per heavy atom. The van der Waals surface area contributed by atoms with Crippen molar-refractivity contribution in [3.8, 4) is 0 Å². The van der Waals surface area contributed by atoms with Gasteiger partial charge in [-0.1, -0.05) is 6.07 Å². The Morgan fingerprint density at radius 3 is 2.50 bits per heavy atom. The van der Waals surface area contributed by atoms with Crippen molar-refractivity contribution in [3.63, 3.8) is 0 Å². The third-order valence-corrected chi connectivity index (χ3v) is 5.28.